The van der Waals surface area contributed by atoms with Crippen LogP contribution in [0, 0.1) is 0 Å². The van der Waals surface area contributed by atoms with Crippen molar-refractivity contribution in [3.8, 4) is 5.75 Å². The smallest absolute Gasteiger partial charge is 0.412 e. The van der Waals surface area contributed by atoms with Gasteiger partial charge in [0.1, 0.15) is 16.9 Å². The van der Waals surface area contributed by atoms with Crippen LogP contribution in [-0.2, 0) is 4.74 Å². The molecule has 0 bridgehead atoms. The number of carbonyl (C=O) groups is 3. The maximum Gasteiger partial charge on any atom is 0.412 e. The van der Waals surface area contributed by atoms with Crippen LogP contribution < -0.4 is 15.5 Å². The van der Waals surface area contributed by atoms with Gasteiger partial charge in [0.05, 0.1) is 5.69 Å². The first-order chi connectivity index (χ1) is 21.0. The van der Waals surface area contributed by atoms with E-state index < -0.39 is 23.5 Å². The summed E-state index contributed by atoms with van der Waals surface area (Å²) in [5.74, 6) is -0.785. The van der Waals surface area contributed by atoms with Crippen LogP contribution in [0.15, 0.2) is 77.2 Å². The second kappa shape index (κ2) is 11.2. The van der Waals surface area contributed by atoms with Crippen LogP contribution in [-0.4, -0.2) is 46.0 Å². The molecule has 1 aliphatic heterocycles. The van der Waals surface area contributed by atoms with Crippen LogP contribution in [0.4, 0.5) is 21.9 Å². The van der Waals surface area contributed by atoms with Gasteiger partial charge in [0, 0.05) is 52.8 Å². The molecule has 1 aromatic heterocycles. The third-order valence-electron chi connectivity index (χ3n) is 7.18. The number of phenolic OH excluding ortho intramolecular Hbond substituents is 1. The molecule has 0 aliphatic carbocycles. The average Bonchev–Trinajstić information content (AvgIpc) is 3.57. The van der Waals surface area contributed by atoms with Gasteiger partial charge >= 0.3 is 12.0 Å². The maximum atomic E-state index is 13.7. The SMILES string of the molecule is CC(C)(C)OC(=O)Nc1cccc(C(=O)Nc2ccc3nc(C(=O)N4C[C@@H](CCl)c5c4cc(O)c4ccccc54)oc3c2)c1. The predicted molar refractivity (Wildman–Crippen MR) is 169 cm³/mol. The summed E-state index contributed by atoms with van der Waals surface area (Å²) in [4.78, 5) is 44.7. The minimum absolute atomic E-state index is 0.0662. The molecule has 3 N–H and O–H groups in total. The fourth-order valence-electron chi connectivity index (χ4n) is 5.32. The van der Waals surface area contributed by atoms with Gasteiger partial charge in [-0.1, -0.05) is 30.3 Å². The first kappa shape index (κ1) is 29.0. The molecule has 6 rings (SSSR count). The molecule has 0 radical (unpaired) electrons. The Labute approximate surface area is 257 Å². The molecule has 1 atom stereocenters. The van der Waals surface area contributed by atoms with Crippen molar-refractivity contribution in [2.45, 2.75) is 32.3 Å². The van der Waals surface area contributed by atoms with Crippen LogP contribution in [0.3, 0.4) is 0 Å². The summed E-state index contributed by atoms with van der Waals surface area (Å²) in [5.41, 5.74) is 2.68. The van der Waals surface area contributed by atoms with Gasteiger partial charge in [-0.15, -0.1) is 11.6 Å². The Morgan fingerprint density at radius 1 is 1.00 bits per heavy atom. The zero-order chi connectivity index (χ0) is 31.2. The van der Waals surface area contributed by atoms with E-state index in [1.54, 1.807) is 63.2 Å². The van der Waals surface area contributed by atoms with Crippen LogP contribution in [0.1, 0.15) is 53.3 Å². The van der Waals surface area contributed by atoms with Crippen molar-refractivity contribution in [3.05, 3.63) is 89.8 Å². The molecule has 1 aliphatic rings. The molecule has 10 nitrogen and oxygen atoms in total. The number of aromatic hydroxyl groups is 1. The highest BCUT2D eigenvalue weighted by molar-refractivity contribution is 6.19. The number of hydrogen-bond acceptors (Lipinski definition) is 7. The van der Waals surface area contributed by atoms with Crippen molar-refractivity contribution in [2.24, 2.45) is 0 Å². The van der Waals surface area contributed by atoms with E-state index in [0.29, 0.717) is 51.5 Å². The van der Waals surface area contributed by atoms with E-state index in [1.165, 1.54) is 11.0 Å². The Morgan fingerprint density at radius 3 is 2.50 bits per heavy atom. The second-order valence-corrected chi connectivity index (χ2v) is 11.8. The number of amides is 3. The molecule has 0 spiro atoms. The molecule has 4 aromatic carbocycles. The van der Waals surface area contributed by atoms with Crippen molar-refractivity contribution < 1.29 is 28.6 Å². The number of oxazole rings is 1. The van der Waals surface area contributed by atoms with Gasteiger partial charge < -0.3 is 24.5 Å². The lowest BCUT2D eigenvalue weighted by Gasteiger charge is -2.19. The summed E-state index contributed by atoms with van der Waals surface area (Å²) < 4.78 is 11.1. The largest absolute Gasteiger partial charge is 0.507 e. The lowest BCUT2D eigenvalue weighted by Crippen LogP contribution is -2.30. The number of aromatic nitrogens is 1. The molecule has 0 unspecified atom stereocenters. The second-order valence-electron chi connectivity index (χ2n) is 11.5. The molecule has 0 saturated carbocycles. The summed E-state index contributed by atoms with van der Waals surface area (Å²) in [7, 11) is 0. The molecular weight excluding hydrogens is 584 g/mol. The summed E-state index contributed by atoms with van der Waals surface area (Å²) in [5, 5.41) is 17.6. The summed E-state index contributed by atoms with van der Waals surface area (Å²) >= 11 is 6.31. The minimum Gasteiger partial charge on any atom is -0.507 e. The summed E-state index contributed by atoms with van der Waals surface area (Å²) in [6, 6.07) is 20.4. The van der Waals surface area contributed by atoms with E-state index in [4.69, 9.17) is 20.8 Å². The monoisotopic (exact) mass is 612 g/mol. The number of anilines is 3. The quantitative estimate of drug-likeness (QED) is 0.178. The van der Waals surface area contributed by atoms with Gasteiger partial charge in [-0.2, -0.15) is 0 Å². The Hall–Kier alpha value is -5.09. The number of rotatable bonds is 5. The van der Waals surface area contributed by atoms with Crippen molar-refractivity contribution in [1.82, 2.24) is 4.98 Å². The molecule has 2 heterocycles. The van der Waals surface area contributed by atoms with Crippen LogP contribution >= 0.6 is 11.6 Å². The van der Waals surface area contributed by atoms with E-state index in [2.05, 4.69) is 15.6 Å². The average molecular weight is 613 g/mol. The molecule has 224 valence electrons. The molecule has 11 heteroatoms. The number of carbonyl (C=O) groups excluding carboxylic acids is 3. The number of nitrogens with zero attached hydrogens (tertiary/aromatic N) is 2. The van der Waals surface area contributed by atoms with E-state index in [9.17, 15) is 19.5 Å². The van der Waals surface area contributed by atoms with Gasteiger partial charge in [0.25, 0.3) is 11.8 Å². The highest BCUT2D eigenvalue weighted by Crippen LogP contribution is 2.45. The lowest BCUT2D eigenvalue weighted by molar-refractivity contribution is 0.0635. The van der Waals surface area contributed by atoms with Gasteiger partial charge in [0.2, 0.25) is 0 Å². The number of phenols is 1. The highest BCUT2D eigenvalue weighted by atomic mass is 35.5. The minimum atomic E-state index is -0.660. The van der Waals surface area contributed by atoms with Crippen molar-refractivity contribution in [3.63, 3.8) is 0 Å². The van der Waals surface area contributed by atoms with Gasteiger partial charge in [-0.25, -0.2) is 9.78 Å². The first-order valence-electron chi connectivity index (χ1n) is 13.9. The number of ether oxygens (including phenoxy) is 1. The number of nitrogens with one attached hydrogen (secondary N) is 2. The number of hydrogen-bond donors (Lipinski definition) is 3. The molecule has 0 fully saturated rings. The molecular formula is C33H29ClN4O6. The van der Waals surface area contributed by atoms with Crippen molar-refractivity contribution in [2.75, 3.05) is 28.0 Å². The Balaban J connectivity index is 1.21. The van der Waals surface area contributed by atoms with E-state index in [1.807, 2.05) is 24.3 Å². The molecule has 0 saturated heterocycles. The fourth-order valence-corrected chi connectivity index (χ4v) is 5.57. The van der Waals surface area contributed by atoms with Crippen LogP contribution in [0.5, 0.6) is 5.75 Å². The van der Waals surface area contributed by atoms with Crippen LogP contribution in [0.25, 0.3) is 21.9 Å². The lowest BCUT2D eigenvalue weighted by atomic mass is 9.95. The van der Waals surface area contributed by atoms with Crippen LogP contribution in [0.2, 0.25) is 0 Å². The number of alkyl halides is 1. The topological polar surface area (TPSA) is 134 Å². The molecule has 44 heavy (non-hydrogen) atoms. The zero-order valence-electron chi connectivity index (χ0n) is 24.2. The Morgan fingerprint density at radius 2 is 1.75 bits per heavy atom. The van der Waals surface area contributed by atoms with Gasteiger partial charge in [0.15, 0.2) is 5.58 Å². The predicted octanol–water partition coefficient (Wildman–Crippen LogP) is 7.27. The zero-order valence-corrected chi connectivity index (χ0v) is 24.9. The van der Waals surface area contributed by atoms with Gasteiger partial charge in [-0.3, -0.25) is 14.9 Å². The standard InChI is InChI=1S/C33H29ClN4O6/c1-33(2,3)44-32(42)36-20-8-6-7-18(13-20)29(40)35-21-11-12-24-27(14-21)43-30(37-24)31(41)38-17-19(16-34)28-23-10-5-4-9-22(23)26(39)15-25(28)38/h4-15,19,39H,16-17H2,1-3H3,(H,35,40)(H,36,42)/t19-/m1/s1. The van der Waals surface area contributed by atoms with E-state index >= 15 is 0 Å². The van der Waals surface area contributed by atoms with E-state index in [0.717, 1.165) is 10.9 Å². The van der Waals surface area contributed by atoms with Crippen molar-refractivity contribution in [1.29, 1.82) is 0 Å². The third-order valence-corrected chi connectivity index (χ3v) is 7.55. The maximum absolute atomic E-state index is 13.7. The first-order valence-corrected chi connectivity index (χ1v) is 14.5. The Bertz CT molecular complexity index is 1950. The highest BCUT2D eigenvalue weighted by Gasteiger charge is 2.36. The fraction of sp³-hybridized carbons (Fsp3) is 0.212. The summed E-state index contributed by atoms with van der Waals surface area (Å²) in [6.07, 6.45) is -0.628. The third kappa shape index (κ3) is 5.63. The number of benzene rings is 4. The normalized spacial score (nSPS) is 14.5. The Kier molecular flexibility index (Phi) is 7.38. The number of fused-ring (bicyclic) bond motifs is 4. The molecule has 3 amide bonds. The summed E-state index contributed by atoms with van der Waals surface area (Å²) in [6.45, 7) is 5.59. The molecule has 5 aromatic rings. The van der Waals surface area contributed by atoms with Gasteiger partial charge in [-0.05, 0) is 62.1 Å². The number of halogens is 1. The van der Waals surface area contributed by atoms with E-state index in [-0.39, 0.29) is 17.6 Å². The van der Waals surface area contributed by atoms with Crippen molar-refractivity contribution >= 4 is 68.4 Å².